The molecule has 0 atom stereocenters. The molecule has 2 rings (SSSR count). The summed E-state index contributed by atoms with van der Waals surface area (Å²) in [5.74, 6) is 0. The number of nitrogens with one attached hydrogen (secondary N) is 1. The molecule has 0 bridgehead atoms. The lowest BCUT2D eigenvalue weighted by atomic mass is 10.1. The van der Waals surface area contributed by atoms with Gasteiger partial charge < -0.3 is 10.2 Å². The van der Waals surface area contributed by atoms with Crippen LogP contribution in [0.25, 0.3) is 0 Å². The fourth-order valence-electron chi connectivity index (χ4n) is 2.32. The highest BCUT2D eigenvalue weighted by molar-refractivity contribution is 6.33. The Morgan fingerprint density at radius 3 is 2.43 bits per heavy atom. The molecule has 0 aliphatic carbocycles. The molecule has 21 heavy (non-hydrogen) atoms. The first-order chi connectivity index (χ1) is 9.99. The number of para-hydroxylation sites is 1. The van der Waals surface area contributed by atoms with Gasteiger partial charge in [-0.15, -0.1) is 0 Å². The largest absolute Gasteiger partial charge is 0.343 e. The van der Waals surface area contributed by atoms with E-state index in [-0.39, 0.29) is 0 Å². The summed E-state index contributed by atoms with van der Waals surface area (Å²) in [5.41, 5.74) is 4.64. The van der Waals surface area contributed by atoms with Crippen LogP contribution in [0.3, 0.4) is 0 Å². The topological polar surface area (TPSA) is 15.3 Å². The molecule has 0 aliphatic heterocycles. The van der Waals surface area contributed by atoms with Gasteiger partial charge in [0, 0.05) is 25.3 Å². The smallest absolute Gasteiger partial charge is 0.0646 e. The minimum atomic E-state index is 0.470. The number of hydrogen-bond donors (Lipinski definition) is 1. The van der Waals surface area contributed by atoms with Gasteiger partial charge in [-0.3, -0.25) is 0 Å². The fourth-order valence-corrected chi connectivity index (χ4v) is 2.65. The lowest BCUT2D eigenvalue weighted by Crippen LogP contribution is -2.21. The summed E-state index contributed by atoms with van der Waals surface area (Å²) >= 11 is 6.47. The second kappa shape index (κ2) is 6.97. The molecule has 0 aliphatic rings. The van der Waals surface area contributed by atoms with Crippen LogP contribution < -0.4 is 10.2 Å². The second-order valence-corrected chi connectivity index (χ2v) is 6.07. The summed E-state index contributed by atoms with van der Waals surface area (Å²) in [6, 6.07) is 15.1. The van der Waals surface area contributed by atoms with Crippen molar-refractivity contribution >= 4 is 23.0 Å². The normalized spacial score (nSPS) is 11.0. The summed E-state index contributed by atoms with van der Waals surface area (Å²) in [4.78, 5) is 2.14. The Kier molecular flexibility index (Phi) is 5.27. The van der Waals surface area contributed by atoms with Crippen molar-refractivity contribution in [3.8, 4) is 0 Å². The van der Waals surface area contributed by atoms with E-state index >= 15 is 0 Å². The monoisotopic (exact) mass is 302 g/mol. The van der Waals surface area contributed by atoms with E-state index in [1.165, 1.54) is 16.8 Å². The minimum Gasteiger partial charge on any atom is -0.343 e. The first-order valence-corrected chi connectivity index (χ1v) is 7.68. The van der Waals surface area contributed by atoms with E-state index < -0.39 is 0 Å². The average Bonchev–Trinajstić information content (AvgIpc) is 2.45. The number of nitrogens with zero attached hydrogens (tertiary/aromatic N) is 1. The Labute approximate surface area is 132 Å². The molecule has 0 radical (unpaired) electrons. The Balaban J connectivity index is 2.23. The van der Waals surface area contributed by atoms with Gasteiger partial charge in [-0.2, -0.15) is 0 Å². The first kappa shape index (κ1) is 15.9. The van der Waals surface area contributed by atoms with E-state index in [9.17, 15) is 0 Å². The molecule has 0 saturated heterocycles. The predicted molar refractivity (Wildman–Crippen MR) is 92.7 cm³/mol. The third kappa shape index (κ3) is 3.99. The highest BCUT2D eigenvalue weighted by atomic mass is 35.5. The predicted octanol–water partition coefficient (Wildman–Crippen LogP) is 4.91. The zero-order valence-corrected chi connectivity index (χ0v) is 13.9. The Morgan fingerprint density at radius 2 is 1.81 bits per heavy atom. The zero-order chi connectivity index (χ0) is 15.4. The van der Waals surface area contributed by atoms with Crippen molar-refractivity contribution < 1.29 is 0 Å². The van der Waals surface area contributed by atoms with E-state index in [0.29, 0.717) is 6.04 Å². The van der Waals surface area contributed by atoms with Crippen LogP contribution >= 0.6 is 11.6 Å². The van der Waals surface area contributed by atoms with E-state index in [1.54, 1.807) is 0 Å². The molecule has 0 spiro atoms. The van der Waals surface area contributed by atoms with E-state index in [1.807, 2.05) is 12.1 Å². The Bertz CT molecular complexity index is 608. The van der Waals surface area contributed by atoms with E-state index in [4.69, 9.17) is 11.6 Å². The van der Waals surface area contributed by atoms with Crippen molar-refractivity contribution in [3.63, 3.8) is 0 Å². The van der Waals surface area contributed by atoms with Crippen molar-refractivity contribution in [2.75, 3.05) is 11.9 Å². The summed E-state index contributed by atoms with van der Waals surface area (Å²) in [5, 5.41) is 4.19. The highest BCUT2D eigenvalue weighted by Crippen LogP contribution is 2.32. The van der Waals surface area contributed by atoms with Crippen LogP contribution in [0.15, 0.2) is 42.5 Å². The van der Waals surface area contributed by atoms with Gasteiger partial charge >= 0.3 is 0 Å². The number of anilines is 2. The van der Waals surface area contributed by atoms with Crippen molar-refractivity contribution in [3.05, 3.63) is 58.6 Å². The number of hydrogen-bond acceptors (Lipinski definition) is 2. The second-order valence-electron chi connectivity index (χ2n) is 5.67. The van der Waals surface area contributed by atoms with Crippen LogP contribution in [-0.4, -0.2) is 13.1 Å². The Morgan fingerprint density at radius 1 is 1.10 bits per heavy atom. The molecule has 1 N–H and O–H groups in total. The minimum absolute atomic E-state index is 0.470. The van der Waals surface area contributed by atoms with E-state index in [0.717, 1.165) is 17.3 Å². The molecule has 0 aromatic heterocycles. The highest BCUT2D eigenvalue weighted by Gasteiger charge is 2.10. The Hall–Kier alpha value is -1.51. The molecule has 2 aromatic carbocycles. The molecule has 2 nitrogen and oxygen atoms in total. The van der Waals surface area contributed by atoms with Gasteiger partial charge in [0.2, 0.25) is 0 Å². The number of rotatable bonds is 5. The van der Waals surface area contributed by atoms with Crippen LogP contribution in [0.2, 0.25) is 5.02 Å². The number of benzene rings is 2. The average molecular weight is 303 g/mol. The molecule has 0 unspecified atom stereocenters. The molecule has 0 fully saturated rings. The van der Waals surface area contributed by atoms with Crippen LogP contribution in [0, 0.1) is 6.92 Å². The molecular weight excluding hydrogens is 280 g/mol. The van der Waals surface area contributed by atoms with Crippen LogP contribution in [-0.2, 0) is 6.54 Å². The summed E-state index contributed by atoms with van der Waals surface area (Å²) in [6.07, 6.45) is 0. The van der Waals surface area contributed by atoms with Gasteiger partial charge in [0.15, 0.2) is 0 Å². The molecule has 2 aromatic rings. The van der Waals surface area contributed by atoms with E-state index in [2.05, 4.69) is 68.4 Å². The summed E-state index contributed by atoms with van der Waals surface area (Å²) in [7, 11) is 2.05. The molecule has 0 amide bonds. The number of halogens is 1. The van der Waals surface area contributed by atoms with Crippen molar-refractivity contribution in [1.82, 2.24) is 5.32 Å². The third-order valence-corrected chi connectivity index (χ3v) is 3.87. The quantitative estimate of drug-likeness (QED) is 0.844. The van der Waals surface area contributed by atoms with Gasteiger partial charge in [0.25, 0.3) is 0 Å². The van der Waals surface area contributed by atoms with Crippen molar-refractivity contribution in [2.45, 2.75) is 33.4 Å². The maximum atomic E-state index is 6.47. The van der Waals surface area contributed by atoms with Gasteiger partial charge in [-0.05, 0) is 36.2 Å². The molecule has 112 valence electrons. The van der Waals surface area contributed by atoms with Gasteiger partial charge in [0.05, 0.1) is 10.7 Å². The first-order valence-electron chi connectivity index (χ1n) is 7.30. The maximum Gasteiger partial charge on any atom is 0.0646 e. The summed E-state index contributed by atoms with van der Waals surface area (Å²) < 4.78 is 0. The van der Waals surface area contributed by atoms with Crippen LogP contribution in [0.4, 0.5) is 11.4 Å². The fraction of sp³-hybridized carbons (Fsp3) is 0.333. The van der Waals surface area contributed by atoms with Crippen LogP contribution in [0.1, 0.15) is 25.0 Å². The lowest BCUT2D eigenvalue weighted by Gasteiger charge is -2.23. The summed E-state index contributed by atoms with van der Waals surface area (Å²) in [6.45, 7) is 7.23. The zero-order valence-electron chi connectivity index (χ0n) is 13.2. The third-order valence-electron chi connectivity index (χ3n) is 3.56. The molecule has 0 saturated carbocycles. The van der Waals surface area contributed by atoms with Crippen molar-refractivity contribution in [1.29, 1.82) is 0 Å². The standard InChI is InChI=1S/C18H23ClN2/c1-13(2)20-12-15-9-10-18(16(19)11-15)21(4)17-8-6-5-7-14(17)3/h5-11,13,20H,12H2,1-4H3. The van der Waals surface area contributed by atoms with Gasteiger partial charge in [-0.1, -0.05) is 49.7 Å². The lowest BCUT2D eigenvalue weighted by molar-refractivity contribution is 0.589. The number of aryl methyl sites for hydroxylation is 1. The maximum absolute atomic E-state index is 6.47. The molecular formula is C18H23ClN2. The van der Waals surface area contributed by atoms with Crippen molar-refractivity contribution in [2.24, 2.45) is 0 Å². The SMILES string of the molecule is Cc1ccccc1N(C)c1ccc(CNC(C)C)cc1Cl. The van der Waals surface area contributed by atoms with Gasteiger partial charge in [0.1, 0.15) is 0 Å². The molecule has 3 heteroatoms. The van der Waals surface area contributed by atoms with Crippen LogP contribution in [0.5, 0.6) is 0 Å². The molecule has 0 heterocycles. The van der Waals surface area contributed by atoms with Gasteiger partial charge in [-0.25, -0.2) is 0 Å².